The van der Waals surface area contributed by atoms with E-state index < -0.39 is 0 Å². The number of anilines is 1. The molecule has 0 aliphatic carbocycles. The van der Waals surface area contributed by atoms with Crippen molar-refractivity contribution in [2.75, 3.05) is 31.7 Å². The largest absolute Gasteiger partial charge is 0.494 e. The number of hydrogen-bond donors (Lipinski definition) is 2. The molecule has 0 fully saturated rings. The summed E-state index contributed by atoms with van der Waals surface area (Å²) in [6, 6.07) is 12.0. The Morgan fingerprint density at radius 1 is 0.875 bits per heavy atom. The van der Waals surface area contributed by atoms with Crippen molar-refractivity contribution in [3.63, 3.8) is 0 Å². The van der Waals surface area contributed by atoms with E-state index in [1.165, 1.54) is 6.92 Å². The Hall–Kier alpha value is -3.55. The van der Waals surface area contributed by atoms with Gasteiger partial charge in [0, 0.05) is 12.1 Å². The van der Waals surface area contributed by atoms with E-state index in [9.17, 15) is 14.4 Å². The Balaban J connectivity index is 1.78. The Bertz CT molecular complexity index is 911. The number of ketones is 1. The first-order valence-electron chi connectivity index (χ1n) is 10.6. The maximum absolute atomic E-state index is 12.1. The standard InChI is InChI=1S/C24H30N2O6/c1-4-6-23(28)26-18-7-12-22(21(15-18)17(3)27)32-16-24(29)25-13-14-31-20-10-8-19(9-11-20)30-5-2/h7-12,15H,4-6,13-14,16H2,1-3H3,(H,25,29)(H,26,28). The molecule has 8 heteroatoms. The number of hydrogen-bond acceptors (Lipinski definition) is 6. The molecule has 2 aromatic rings. The second-order valence-corrected chi connectivity index (χ2v) is 6.96. The molecule has 0 unspecified atom stereocenters. The van der Waals surface area contributed by atoms with E-state index in [1.54, 1.807) is 30.3 Å². The molecule has 0 heterocycles. The zero-order valence-electron chi connectivity index (χ0n) is 18.7. The molecule has 0 atom stereocenters. The molecule has 8 nitrogen and oxygen atoms in total. The van der Waals surface area contributed by atoms with Gasteiger partial charge in [-0.1, -0.05) is 6.92 Å². The van der Waals surface area contributed by atoms with Crippen LogP contribution in [0, 0.1) is 0 Å². The molecule has 172 valence electrons. The van der Waals surface area contributed by atoms with Gasteiger partial charge in [0.1, 0.15) is 23.9 Å². The van der Waals surface area contributed by atoms with Crippen molar-refractivity contribution in [3.05, 3.63) is 48.0 Å². The van der Waals surface area contributed by atoms with Crippen LogP contribution in [0.15, 0.2) is 42.5 Å². The molecule has 2 N–H and O–H groups in total. The van der Waals surface area contributed by atoms with Crippen LogP contribution in [0.1, 0.15) is 44.0 Å². The highest BCUT2D eigenvalue weighted by Crippen LogP contribution is 2.24. The van der Waals surface area contributed by atoms with Crippen molar-refractivity contribution in [1.29, 1.82) is 0 Å². The van der Waals surface area contributed by atoms with Crippen LogP contribution in [0.5, 0.6) is 17.2 Å². The topological polar surface area (TPSA) is 103 Å². The number of nitrogens with one attached hydrogen (secondary N) is 2. The van der Waals surface area contributed by atoms with Gasteiger partial charge in [-0.05, 0) is 62.7 Å². The average molecular weight is 443 g/mol. The highest BCUT2D eigenvalue weighted by atomic mass is 16.5. The number of Topliss-reactive ketones (excluding diaryl/α,β-unsaturated/α-hetero) is 1. The minimum absolute atomic E-state index is 0.123. The minimum atomic E-state index is -0.338. The van der Waals surface area contributed by atoms with Gasteiger partial charge in [-0.15, -0.1) is 0 Å². The zero-order chi connectivity index (χ0) is 23.3. The van der Waals surface area contributed by atoms with Crippen molar-refractivity contribution >= 4 is 23.3 Å². The quantitative estimate of drug-likeness (QED) is 0.363. The van der Waals surface area contributed by atoms with Crippen molar-refractivity contribution < 1.29 is 28.6 Å². The fraction of sp³-hybridized carbons (Fsp3) is 0.375. The molecule has 0 aliphatic heterocycles. The average Bonchev–Trinajstić information content (AvgIpc) is 2.77. The van der Waals surface area contributed by atoms with Gasteiger partial charge in [-0.2, -0.15) is 0 Å². The van der Waals surface area contributed by atoms with Crippen LogP contribution >= 0.6 is 0 Å². The van der Waals surface area contributed by atoms with E-state index in [4.69, 9.17) is 14.2 Å². The van der Waals surface area contributed by atoms with Crippen LogP contribution in [-0.4, -0.2) is 44.0 Å². The summed E-state index contributed by atoms with van der Waals surface area (Å²) >= 11 is 0. The predicted octanol–water partition coefficient (Wildman–Crippen LogP) is 3.60. The first kappa shape index (κ1) is 24.7. The van der Waals surface area contributed by atoms with Crippen LogP contribution in [-0.2, 0) is 9.59 Å². The van der Waals surface area contributed by atoms with Crippen molar-refractivity contribution in [3.8, 4) is 17.2 Å². The van der Waals surface area contributed by atoms with E-state index in [0.717, 1.165) is 12.2 Å². The van der Waals surface area contributed by atoms with Crippen LogP contribution in [0.3, 0.4) is 0 Å². The fourth-order valence-corrected chi connectivity index (χ4v) is 2.81. The lowest BCUT2D eigenvalue weighted by molar-refractivity contribution is -0.123. The fourth-order valence-electron chi connectivity index (χ4n) is 2.81. The molecule has 0 saturated heterocycles. The highest BCUT2D eigenvalue weighted by molar-refractivity contribution is 5.99. The molecule has 0 aliphatic rings. The molecular weight excluding hydrogens is 412 g/mol. The van der Waals surface area contributed by atoms with E-state index in [1.807, 2.05) is 26.0 Å². The van der Waals surface area contributed by atoms with Gasteiger partial charge in [-0.25, -0.2) is 0 Å². The van der Waals surface area contributed by atoms with E-state index in [2.05, 4.69) is 10.6 Å². The summed E-state index contributed by atoms with van der Waals surface area (Å²) in [5.41, 5.74) is 0.808. The van der Waals surface area contributed by atoms with Crippen LogP contribution < -0.4 is 24.8 Å². The second-order valence-electron chi connectivity index (χ2n) is 6.96. The monoisotopic (exact) mass is 442 g/mol. The van der Waals surface area contributed by atoms with Gasteiger partial charge < -0.3 is 24.8 Å². The van der Waals surface area contributed by atoms with Crippen molar-refractivity contribution in [2.24, 2.45) is 0 Å². The number of carbonyl (C=O) groups excluding carboxylic acids is 3. The smallest absolute Gasteiger partial charge is 0.258 e. The van der Waals surface area contributed by atoms with Gasteiger partial charge in [0.15, 0.2) is 12.4 Å². The molecule has 0 spiro atoms. The third-order valence-electron chi connectivity index (χ3n) is 4.31. The molecule has 0 aromatic heterocycles. The number of ether oxygens (including phenoxy) is 3. The molecule has 0 radical (unpaired) electrons. The molecule has 0 saturated carbocycles. The number of carbonyl (C=O) groups is 3. The second kappa shape index (κ2) is 13.0. The first-order valence-corrected chi connectivity index (χ1v) is 10.6. The molecule has 0 bridgehead atoms. The SMILES string of the molecule is CCCC(=O)Nc1ccc(OCC(=O)NCCOc2ccc(OCC)cc2)c(C(C)=O)c1. The predicted molar refractivity (Wildman–Crippen MR) is 122 cm³/mol. The van der Waals surface area contributed by atoms with E-state index in [-0.39, 0.29) is 30.0 Å². The Morgan fingerprint density at radius 3 is 2.19 bits per heavy atom. The van der Waals surface area contributed by atoms with Crippen LogP contribution in [0.2, 0.25) is 0 Å². The summed E-state index contributed by atoms with van der Waals surface area (Å²) in [4.78, 5) is 35.8. The lowest BCUT2D eigenvalue weighted by atomic mass is 10.1. The lowest BCUT2D eigenvalue weighted by Crippen LogP contribution is -2.32. The summed E-state index contributed by atoms with van der Waals surface area (Å²) in [5, 5.41) is 5.44. The van der Waals surface area contributed by atoms with E-state index >= 15 is 0 Å². The number of rotatable bonds is 13. The normalized spacial score (nSPS) is 10.2. The maximum atomic E-state index is 12.1. The minimum Gasteiger partial charge on any atom is -0.494 e. The Kier molecular flexibility index (Phi) is 10.0. The van der Waals surface area contributed by atoms with Crippen molar-refractivity contribution in [2.45, 2.75) is 33.6 Å². The molecule has 32 heavy (non-hydrogen) atoms. The summed E-state index contributed by atoms with van der Waals surface area (Å²) in [6.45, 7) is 6.18. The van der Waals surface area contributed by atoms with Crippen molar-refractivity contribution in [1.82, 2.24) is 5.32 Å². The first-order chi connectivity index (χ1) is 15.4. The molecular formula is C24H30N2O6. The summed E-state index contributed by atoms with van der Waals surface area (Å²) in [5.74, 6) is 1.04. The summed E-state index contributed by atoms with van der Waals surface area (Å²) < 4.78 is 16.5. The molecule has 2 amide bonds. The van der Waals surface area contributed by atoms with Gasteiger partial charge in [0.2, 0.25) is 5.91 Å². The van der Waals surface area contributed by atoms with Gasteiger partial charge in [0.05, 0.1) is 18.7 Å². The van der Waals surface area contributed by atoms with Gasteiger partial charge >= 0.3 is 0 Å². The maximum Gasteiger partial charge on any atom is 0.258 e. The third-order valence-corrected chi connectivity index (χ3v) is 4.31. The highest BCUT2D eigenvalue weighted by Gasteiger charge is 2.13. The van der Waals surface area contributed by atoms with Gasteiger partial charge in [-0.3, -0.25) is 14.4 Å². The number of benzene rings is 2. The Morgan fingerprint density at radius 2 is 1.56 bits per heavy atom. The lowest BCUT2D eigenvalue weighted by Gasteiger charge is -2.13. The number of amides is 2. The molecule has 2 rings (SSSR count). The van der Waals surface area contributed by atoms with Crippen LogP contribution in [0.25, 0.3) is 0 Å². The Labute approximate surface area is 188 Å². The van der Waals surface area contributed by atoms with Gasteiger partial charge in [0.25, 0.3) is 5.91 Å². The summed E-state index contributed by atoms with van der Waals surface area (Å²) in [6.07, 6.45) is 1.13. The summed E-state index contributed by atoms with van der Waals surface area (Å²) in [7, 11) is 0. The zero-order valence-corrected chi connectivity index (χ0v) is 18.7. The third kappa shape index (κ3) is 8.29. The van der Waals surface area contributed by atoms with E-state index in [0.29, 0.717) is 43.2 Å². The van der Waals surface area contributed by atoms with Crippen LogP contribution in [0.4, 0.5) is 5.69 Å². The molecule has 2 aromatic carbocycles.